The van der Waals surface area contributed by atoms with Gasteiger partial charge in [0.2, 0.25) is 0 Å². The summed E-state index contributed by atoms with van der Waals surface area (Å²) in [7, 11) is 0. The number of likely N-dealkylation sites (tertiary alicyclic amines) is 1. The summed E-state index contributed by atoms with van der Waals surface area (Å²) in [6.07, 6.45) is 7.59. The predicted octanol–water partition coefficient (Wildman–Crippen LogP) is 1.14. The average Bonchev–Trinajstić information content (AvgIpc) is 2.97. The van der Waals surface area contributed by atoms with Crippen molar-refractivity contribution in [2.45, 2.75) is 51.0 Å². The van der Waals surface area contributed by atoms with Crippen LogP contribution in [0.5, 0.6) is 0 Å². The Morgan fingerprint density at radius 2 is 2.22 bits per heavy atom. The maximum Gasteiger partial charge on any atom is 0.139 e. The third-order valence-electron chi connectivity index (χ3n) is 4.37. The number of nitrogens with two attached hydrogens (primary N) is 1. The zero-order chi connectivity index (χ0) is 13.0. The number of aliphatic hydroxyl groups is 1. The third-order valence-corrected chi connectivity index (χ3v) is 4.37. The summed E-state index contributed by atoms with van der Waals surface area (Å²) in [4.78, 5) is 2.55. The van der Waals surface area contributed by atoms with Crippen LogP contribution >= 0.6 is 0 Å². The van der Waals surface area contributed by atoms with Crippen LogP contribution in [0, 0.1) is 5.41 Å². The Hall–Kier alpha value is -0.810. The number of hydrogen-bond donors (Lipinski definition) is 3. The van der Waals surface area contributed by atoms with Gasteiger partial charge in [-0.1, -0.05) is 5.16 Å². The molecule has 5 nitrogen and oxygen atoms in total. The maximum absolute atomic E-state index is 8.93. The molecule has 1 aliphatic carbocycles. The average molecular weight is 255 g/mol. The summed E-state index contributed by atoms with van der Waals surface area (Å²) >= 11 is 0. The number of aliphatic hydroxyl groups excluding tert-OH is 1. The molecule has 1 unspecified atom stereocenters. The van der Waals surface area contributed by atoms with Crippen LogP contribution in [0.2, 0.25) is 0 Å². The Morgan fingerprint density at radius 3 is 2.83 bits per heavy atom. The summed E-state index contributed by atoms with van der Waals surface area (Å²) in [6, 6.07) is 0.627. The first-order valence-corrected chi connectivity index (χ1v) is 7.00. The number of hydrogen-bond acceptors (Lipinski definition) is 4. The molecule has 0 amide bonds. The van der Waals surface area contributed by atoms with Crippen LogP contribution < -0.4 is 5.73 Å². The molecule has 0 bridgehead atoms. The molecule has 18 heavy (non-hydrogen) atoms. The minimum Gasteiger partial charge on any atom is -0.409 e. The lowest BCUT2D eigenvalue weighted by Crippen LogP contribution is -2.36. The molecule has 0 aromatic carbocycles. The first-order chi connectivity index (χ1) is 8.69. The molecule has 0 spiro atoms. The Balaban J connectivity index is 1.84. The second-order valence-electron chi connectivity index (χ2n) is 5.90. The Bertz CT molecular complexity index is 303. The van der Waals surface area contributed by atoms with E-state index >= 15 is 0 Å². The zero-order valence-corrected chi connectivity index (χ0v) is 11.0. The van der Waals surface area contributed by atoms with Gasteiger partial charge in [0.1, 0.15) is 5.84 Å². The second-order valence-corrected chi connectivity index (χ2v) is 5.90. The smallest absolute Gasteiger partial charge is 0.139 e. The Kier molecular flexibility index (Phi) is 4.45. The molecule has 1 saturated carbocycles. The van der Waals surface area contributed by atoms with E-state index in [4.69, 9.17) is 16.0 Å². The molecular weight excluding hydrogens is 230 g/mol. The van der Waals surface area contributed by atoms with E-state index in [0.29, 0.717) is 24.9 Å². The molecule has 104 valence electrons. The van der Waals surface area contributed by atoms with Gasteiger partial charge in [0.25, 0.3) is 0 Å². The summed E-state index contributed by atoms with van der Waals surface area (Å²) < 4.78 is 0. The predicted molar refractivity (Wildman–Crippen MR) is 70.6 cm³/mol. The summed E-state index contributed by atoms with van der Waals surface area (Å²) in [5.41, 5.74) is 5.90. The number of nitrogens with zero attached hydrogens (tertiary/aromatic N) is 2. The summed E-state index contributed by atoms with van der Waals surface area (Å²) in [5, 5.41) is 20.7. The lowest BCUT2D eigenvalue weighted by atomic mass is 10.00. The largest absolute Gasteiger partial charge is 0.409 e. The van der Waals surface area contributed by atoms with Crippen molar-refractivity contribution in [3.63, 3.8) is 0 Å². The first kappa shape index (κ1) is 13.6. The fourth-order valence-electron chi connectivity index (χ4n) is 3.18. The zero-order valence-electron chi connectivity index (χ0n) is 11.0. The van der Waals surface area contributed by atoms with Gasteiger partial charge in [-0.15, -0.1) is 0 Å². The van der Waals surface area contributed by atoms with E-state index in [1.165, 1.54) is 25.7 Å². The van der Waals surface area contributed by atoms with Crippen LogP contribution in [0.1, 0.15) is 44.9 Å². The van der Waals surface area contributed by atoms with Gasteiger partial charge in [0.05, 0.1) is 0 Å². The van der Waals surface area contributed by atoms with E-state index in [2.05, 4.69) is 10.1 Å². The van der Waals surface area contributed by atoms with Crippen LogP contribution in [-0.4, -0.2) is 46.8 Å². The lowest BCUT2D eigenvalue weighted by molar-refractivity contribution is 0.183. The molecule has 1 heterocycles. The number of rotatable bonds is 7. The Morgan fingerprint density at radius 1 is 1.44 bits per heavy atom. The van der Waals surface area contributed by atoms with Crippen molar-refractivity contribution in [2.24, 2.45) is 16.3 Å². The highest BCUT2D eigenvalue weighted by Gasteiger charge is 2.45. The fraction of sp³-hybridized carbons (Fsp3) is 0.923. The minimum absolute atomic E-state index is 0.262. The maximum atomic E-state index is 8.93. The first-order valence-electron chi connectivity index (χ1n) is 7.00. The van der Waals surface area contributed by atoms with Gasteiger partial charge >= 0.3 is 0 Å². The van der Waals surface area contributed by atoms with Gasteiger partial charge in [0.15, 0.2) is 0 Å². The minimum atomic E-state index is 0.262. The van der Waals surface area contributed by atoms with Crippen LogP contribution in [0.4, 0.5) is 0 Å². The normalized spacial score (nSPS) is 27.6. The van der Waals surface area contributed by atoms with Gasteiger partial charge in [-0.3, -0.25) is 4.90 Å². The van der Waals surface area contributed by atoms with E-state index in [1.807, 2.05) is 0 Å². The van der Waals surface area contributed by atoms with Gasteiger partial charge in [0, 0.05) is 25.6 Å². The highest BCUT2D eigenvalue weighted by Crippen LogP contribution is 2.50. The standard InChI is InChI=1S/C13H25N3O2/c14-12(15-18)9-13(5-6-13)10-16-7-1-3-11(16)4-2-8-17/h11,17-18H,1-10H2,(H2,14,15). The van der Waals surface area contributed by atoms with Crippen molar-refractivity contribution in [1.82, 2.24) is 4.90 Å². The molecule has 2 rings (SSSR count). The third kappa shape index (κ3) is 3.36. The number of amidine groups is 1. The summed E-state index contributed by atoms with van der Waals surface area (Å²) in [5.74, 6) is 0.360. The van der Waals surface area contributed by atoms with E-state index in [-0.39, 0.29) is 5.41 Å². The van der Waals surface area contributed by atoms with Crippen molar-refractivity contribution in [2.75, 3.05) is 19.7 Å². The molecule has 1 aliphatic heterocycles. The van der Waals surface area contributed by atoms with Crippen molar-refractivity contribution in [3.8, 4) is 0 Å². The quantitative estimate of drug-likeness (QED) is 0.276. The molecular formula is C13H25N3O2. The molecule has 2 aliphatic rings. The van der Waals surface area contributed by atoms with E-state index in [1.54, 1.807) is 0 Å². The molecule has 0 aromatic rings. The topological polar surface area (TPSA) is 82.1 Å². The van der Waals surface area contributed by atoms with Gasteiger partial charge in [-0.25, -0.2) is 0 Å². The van der Waals surface area contributed by atoms with Crippen LogP contribution in [-0.2, 0) is 0 Å². The van der Waals surface area contributed by atoms with E-state index < -0.39 is 0 Å². The molecule has 0 radical (unpaired) electrons. The van der Waals surface area contributed by atoms with Crippen LogP contribution in [0.25, 0.3) is 0 Å². The van der Waals surface area contributed by atoms with Crippen molar-refractivity contribution < 1.29 is 10.3 Å². The SMILES string of the molecule is NC(CC1(CN2CCCC2CCCO)CC1)=NO. The second kappa shape index (κ2) is 5.89. The highest BCUT2D eigenvalue weighted by atomic mass is 16.4. The van der Waals surface area contributed by atoms with Gasteiger partial charge < -0.3 is 16.0 Å². The van der Waals surface area contributed by atoms with Crippen molar-refractivity contribution in [1.29, 1.82) is 0 Å². The molecule has 2 fully saturated rings. The number of oxime groups is 1. The van der Waals surface area contributed by atoms with Crippen molar-refractivity contribution in [3.05, 3.63) is 0 Å². The van der Waals surface area contributed by atoms with Gasteiger partial charge in [-0.2, -0.15) is 0 Å². The van der Waals surface area contributed by atoms with Crippen LogP contribution in [0.3, 0.4) is 0 Å². The molecule has 0 aromatic heterocycles. The molecule has 1 atom stereocenters. The van der Waals surface area contributed by atoms with Crippen LogP contribution in [0.15, 0.2) is 5.16 Å². The summed E-state index contributed by atoms with van der Waals surface area (Å²) in [6.45, 7) is 2.52. The van der Waals surface area contributed by atoms with E-state index in [0.717, 1.165) is 25.9 Å². The highest BCUT2D eigenvalue weighted by molar-refractivity contribution is 5.80. The lowest BCUT2D eigenvalue weighted by Gasteiger charge is -2.28. The van der Waals surface area contributed by atoms with E-state index in [9.17, 15) is 0 Å². The molecule has 1 saturated heterocycles. The molecule has 5 heteroatoms. The monoisotopic (exact) mass is 255 g/mol. The van der Waals surface area contributed by atoms with Crippen molar-refractivity contribution >= 4 is 5.84 Å². The Labute approximate surface area is 109 Å². The van der Waals surface area contributed by atoms with Gasteiger partial charge in [-0.05, 0) is 50.5 Å². The fourth-order valence-corrected chi connectivity index (χ4v) is 3.18. The molecule has 4 N–H and O–H groups in total.